The summed E-state index contributed by atoms with van der Waals surface area (Å²) in [4.78, 5) is 98.4. The number of ether oxygens (including phenoxy) is 4. The van der Waals surface area contributed by atoms with Crippen molar-refractivity contribution in [3.05, 3.63) is 118 Å². The SMILES string of the molecule is CC(C)C(NC(=O)C(CCCN=C(N)NOP(=O)(O)OC[C@H]1O[C@@H](n2ccc(N)nc2=O)[C@H](O)[C@@H]1O)NC(=O)C(CCCCNC(=O)OC(C)(C)C)NC(=O)OCC1c2ccccc2-c2ccccc21)C(=O)OCc1ccccc1. The van der Waals surface area contributed by atoms with Gasteiger partial charge in [0.15, 0.2) is 6.23 Å². The number of carbonyl (C=O) groups is 5. The van der Waals surface area contributed by atoms with E-state index in [1.807, 2.05) is 60.1 Å². The van der Waals surface area contributed by atoms with Crippen molar-refractivity contribution >= 4 is 49.6 Å². The number of benzene rings is 3. The van der Waals surface area contributed by atoms with Crippen molar-refractivity contribution in [3.63, 3.8) is 0 Å². The maximum atomic E-state index is 14.4. The fourth-order valence-electron chi connectivity index (χ4n) is 8.68. The molecule has 1 saturated heterocycles. The number of unbranched alkanes of at least 4 members (excludes halogenated alkanes) is 1. The standard InChI is InChI=1S/C53H71N10O16P/c1-31(2)42(48(68)74-28-32-16-7-6-8-17-32)61-46(67)38(23-15-26-56-49(55)62-79-80(72,73)76-30-40-43(64)44(65)47(77-40)63-27-24-41(54)60-50(63)69)58-45(66)39(22-13-14-25-57-51(70)78-53(3,4)5)59-52(71)75-29-37-35-20-11-9-18-33(35)34-19-10-12-21-36(34)37/h6-12,16-21,24,27,31,37-40,42-44,47,64-65H,13-15,22-23,25-26,28-30H2,1-5H3,(H,57,70)(H,58,66)(H,59,71)(H,61,67)(H,72,73)(H2,54,60,69)(H3,55,56,62)/t38?,39?,40-,42?,43-,44-,47-/m1/s1. The van der Waals surface area contributed by atoms with E-state index in [-0.39, 0.29) is 57.3 Å². The van der Waals surface area contributed by atoms with Gasteiger partial charge in [0.2, 0.25) is 17.8 Å². The number of alkyl carbamates (subject to hydrolysis) is 2. The van der Waals surface area contributed by atoms with Crippen molar-refractivity contribution in [2.45, 2.75) is 128 Å². The topological polar surface area (TPSA) is 378 Å². The molecule has 26 nitrogen and oxygen atoms in total. The fraction of sp³-hybridized carbons (Fsp3) is 0.472. The molecule has 2 aliphatic rings. The number of aliphatic hydroxyl groups excluding tert-OH is 2. The molecule has 8 atom stereocenters. The minimum absolute atomic E-state index is 0.0205. The van der Waals surface area contributed by atoms with Gasteiger partial charge in [0.05, 0.1) is 6.61 Å². The number of nitrogens with two attached hydrogens (primary N) is 2. The van der Waals surface area contributed by atoms with Crippen LogP contribution in [0.25, 0.3) is 11.1 Å². The van der Waals surface area contributed by atoms with Crippen molar-refractivity contribution in [3.8, 4) is 11.1 Å². The first-order valence-corrected chi connectivity index (χ1v) is 27.5. The van der Waals surface area contributed by atoms with E-state index >= 15 is 0 Å². The van der Waals surface area contributed by atoms with Crippen LogP contribution in [0, 0.1) is 5.92 Å². The van der Waals surface area contributed by atoms with Gasteiger partial charge in [-0.3, -0.25) is 23.7 Å². The Morgan fingerprint density at radius 2 is 1.44 bits per heavy atom. The molecule has 1 fully saturated rings. The summed E-state index contributed by atoms with van der Waals surface area (Å²) in [5.41, 5.74) is 16.5. The lowest BCUT2D eigenvalue weighted by molar-refractivity contribution is -0.150. The predicted molar refractivity (Wildman–Crippen MR) is 290 cm³/mol. The van der Waals surface area contributed by atoms with Crippen molar-refractivity contribution in [1.29, 1.82) is 0 Å². The Labute approximate surface area is 461 Å². The average molecular weight is 1140 g/mol. The number of phosphoric acid groups is 1. The minimum Gasteiger partial charge on any atom is -0.459 e. The Hall–Kier alpha value is -7.45. The van der Waals surface area contributed by atoms with Gasteiger partial charge in [-0.2, -0.15) is 9.61 Å². The molecule has 0 bridgehead atoms. The second-order valence-corrected chi connectivity index (χ2v) is 21.7. The number of nitrogens with one attached hydrogen (secondary N) is 5. The first-order chi connectivity index (χ1) is 38.0. The van der Waals surface area contributed by atoms with Gasteiger partial charge in [-0.15, -0.1) is 0 Å². The van der Waals surface area contributed by atoms with E-state index < -0.39 is 110 Å². The first-order valence-electron chi connectivity index (χ1n) is 26.0. The highest BCUT2D eigenvalue weighted by Gasteiger charge is 2.45. The molecule has 0 radical (unpaired) electrons. The summed E-state index contributed by atoms with van der Waals surface area (Å²) in [6.07, 6.45) is -5.94. The van der Waals surface area contributed by atoms with Crippen LogP contribution in [0.2, 0.25) is 0 Å². The molecule has 1 aliphatic heterocycles. The molecule has 2 heterocycles. The highest BCUT2D eigenvalue weighted by molar-refractivity contribution is 7.47. The number of esters is 1. The van der Waals surface area contributed by atoms with Crippen LogP contribution in [0.15, 0.2) is 101 Å². The van der Waals surface area contributed by atoms with E-state index in [2.05, 4.69) is 31.2 Å². The number of nitrogen functional groups attached to an aromatic ring is 1. The van der Waals surface area contributed by atoms with Crippen molar-refractivity contribution < 1.29 is 71.7 Å². The van der Waals surface area contributed by atoms with Crippen molar-refractivity contribution in [1.82, 2.24) is 36.3 Å². The van der Waals surface area contributed by atoms with Crippen molar-refractivity contribution in [2.24, 2.45) is 16.6 Å². The molecular weight excluding hydrogens is 1060 g/mol. The van der Waals surface area contributed by atoms with E-state index in [9.17, 15) is 48.4 Å². The third-order valence-corrected chi connectivity index (χ3v) is 13.5. The first kappa shape index (κ1) is 61.8. The summed E-state index contributed by atoms with van der Waals surface area (Å²) in [6, 6.07) is 22.0. The summed E-state index contributed by atoms with van der Waals surface area (Å²) in [5.74, 6) is -3.66. The molecule has 4 unspecified atom stereocenters. The van der Waals surface area contributed by atoms with E-state index in [0.29, 0.717) is 18.4 Å². The lowest BCUT2D eigenvalue weighted by atomic mass is 9.98. The Morgan fingerprint density at radius 1 is 0.812 bits per heavy atom. The monoisotopic (exact) mass is 1130 g/mol. The number of rotatable bonds is 26. The number of nitrogens with zero attached hydrogens (tertiary/aromatic N) is 3. The van der Waals surface area contributed by atoms with Gasteiger partial charge in [-0.05, 0) is 92.7 Å². The number of aromatic nitrogens is 2. The number of carbonyl (C=O) groups excluding carboxylic acids is 5. The number of hydroxylamine groups is 1. The van der Waals surface area contributed by atoms with E-state index in [0.717, 1.165) is 26.8 Å². The zero-order chi connectivity index (χ0) is 58.1. The zero-order valence-electron chi connectivity index (χ0n) is 45.0. The van der Waals surface area contributed by atoms with Crippen molar-refractivity contribution in [2.75, 3.05) is 32.0 Å². The van der Waals surface area contributed by atoms with Gasteiger partial charge in [-0.25, -0.2) is 29.2 Å². The number of aliphatic hydroxyl groups is 2. The summed E-state index contributed by atoms with van der Waals surface area (Å²) in [7, 11) is -5.01. The molecule has 0 spiro atoms. The smallest absolute Gasteiger partial charge is 0.459 e. The third-order valence-electron chi connectivity index (χ3n) is 12.7. The Balaban J connectivity index is 1.11. The highest BCUT2D eigenvalue weighted by Crippen LogP contribution is 2.45. The second-order valence-electron chi connectivity index (χ2n) is 20.3. The molecule has 80 heavy (non-hydrogen) atoms. The molecule has 434 valence electrons. The molecule has 12 N–H and O–H groups in total. The van der Waals surface area contributed by atoms with Crippen LogP contribution >= 0.6 is 7.82 Å². The Morgan fingerprint density at radius 3 is 2.09 bits per heavy atom. The second kappa shape index (κ2) is 28.6. The molecule has 0 saturated carbocycles. The number of aliphatic imine (C=N–C) groups is 1. The normalized spacial score (nSPS) is 18.8. The van der Waals surface area contributed by atoms with Crippen LogP contribution in [0.4, 0.5) is 15.4 Å². The van der Waals surface area contributed by atoms with Crippen LogP contribution in [-0.4, -0.2) is 129 Å². The van der Waals surface area contributed by atoms with E-state index in [1.54, 1.807) is 58.9 Å². The van der Waals surface area contributed by atoms with Gasteiger partial charge >= 0.3 is 31.7 Å². The number of amides is 4. The van der Waals surface area contributed by atoms with Crippen LogP contribution in [-0.2, 0) is 53.7 Å². The molecule has 27 heteroatoms. The number of hydrogen-bond donors (Lipinski definition) is 10. The molecule has 1 aliphatic carbocycles. The van der Waals surface area contributed by atoms with Crippen LogP contribution in [0.1, 0.15) is 95.6 Å². The predicted octanol–water partition coefficient (Wildman–Crippen LogP) is 3.15. The number of hydrogen-bond acceptors (Lipinski definition) is 18. The lowest BCUT2D eigenvalue weighted by Gasteiger charge is -2.26. The molecule has 6 rings (SSSR count). The number of fused-ring (bicyclic) bond motifs is 3. The quantitative estimate of drug-likeness (QED) is 0.00821. The largest absolute Gasteiger partial charge is 0.493 e. The van der Waals surface area contributed by atoms with Crippen LogP contribution in [0.5, 0.6) is 0 Å². The van der Waals surface area contributed by atoms with Gasteiger partial charge in [0.25, 0.3) is 0 Å². The van der Waals surface area contributed by atoms with E-state index in [1.165, 1.54) is 12.3 Å². The van der Waals surface area contributed by atoms with Gasteiger partial charge < -0.3 is 66.8 Å². The number of anilines is 1. The Kier molecular flexibility index (Phi) is 22.1. The molecule has 3 aromatic carbocycles. The molecule has 1 aromatic heterocycles. The van der Waals surface area contributed by atoms with E-state index in [4.69, 9.17) is 39.6 Å². The summed E-state index contributed by atoms with van der Waals surface area (Å²) >= 11 is 0. The molecular formula is C53H71N10O16P. The molecule has 4 aromatic rings. The highest BCUT2D eigenvalue weighted by atomic mass is 31.2. The van der Waals surface area contributed by atoms with Crippen LogP contribution in [0.3, 0.4) is 0 Å². The maximum Gasteiger partial charge on any atom is 0.493 e. The fourth-order valence-corrected chi connectivity index (χ4v) is 9.28. The minimum atomic E-state index is -5.01. The average Bonchev–Trinajstić information content (AvgIpc) is 3.95. The third kappa shape index (κ3) is 18.0. The zero-order valence-corrected chi connectivity index (χ0v) is 45.9. The van der Waals surface area contributed by atoms with Crippen LogP contribution < -0.4 is 43.9 Å². The summed E-state index contributed by atoms with van der Waals surface area (Å²) in [6.45, 7) is 7.68. The van der Waals surface area contributed by atoms with Gasteiger partial charge in [-0.1, -0.05) is 92.7 Å². The van der Waals surface area contributed by atoms with Gasteiger partial charge in [0, 0.05) is 25.2 Å². The number of guanidine groups is 1. The maximum absolute atomic E-state index is 14.4. The van der Waals surface area contributed by atoms with Gasteiger partial charge in [0.1, 0.15) is 61.1 Å². The molecule has 4 amide bonds. The number of phosphoric ester groups is 1. The Bertz CT molecular complexity index is 2860. The summed E-state index contributed by atoms with van der Waals surface area (Å²) in [5, 5.41) is 31.8. The summed E-state index contributed by atoms with van der Waals surface area (Å²) < 4.78 is 45.5. The lowest BCUT2D eigenvalue weighted by Crippen LogP contribution is -2.56.